The molecule has 1 atom stereocenters. The van der Waals surface area contributed by atoms with Gasteiger partial charge in [0.1, 0.15) is 6.04 Å². The number of rotatable bonds is 8. The van der Waals surface area contributed by atoms with Gasteiger partial charge in [-0.2, -0.15) is 0 Å². The summed E-state index contributed by atoms with van der Waals surface area (Å²) in [7, 11) is 1.62. The first-order valence-electron chi connectivity index (χ1n) is 8.93. The lowest BCUT2D eigenvalue weighted by atomic mass is 10.1. The summed E-state index contributed by atoms with van der Waals surface area (Å²) in [6.45, 7) is 5.37. The minimum Gasteiger partial charge on any atom is -0.383 e. The summed E-state index contributed by atoms with van der Waals surface area (Å²) in [5, 5.41) is 10.8. The predicted octanol–water partition coefficient (Wildman–Crippen LogP) is 1.11. The Bertz CT molecular complexity index is 819. The second-order valence-electron chi connectivity index (χ2n) is 6.80. The number of ether oxygens (including phenoxy) is 1. The van der Waals surface area contributed by atoms with Crippen molar-refractivity contribution in [3.63, 3.8) is 0 Å². The van der Waals surface area contributed by atoms with Crippen molar-refractivity contribution in [3.05, 3.63) is 41.5 Å². The topological polar surface area (TPSA) is 102 Å². The summed E-state index contributed by atoms with van der Waals surface area (Å²) >= 11 is 0. The molecule has 2 aromatic heterocycles. The number of nitrogens with one attached hydrogen (secondary N) is 1. The Morgan fingerprint density at radius 3 is 2.81 bits per heavy atom. The van der Waals surface area contributed by atoms with Crippen molar-refractivity contribution in [1.29, 1.82) is 0 Å². The largest absolute Gasteiger partial charge is 0.383 e. The fourth-order valence-corrected chi connectivity index (χ4v) is 2.87. The highest BCUT2D eigenvalue weighted by atomic mass is 16.5. The van der Waals surface area contributed by atoms with Gasteiger partial charge in [-0.1, -0.05) is 25.1 Å². The summed E-state index contributed by atoms with van der Waals surface area (Å²) in [5.41, 5.74) is 2.27. The first kappa shape index (κ1) is 19.0. The molecular weight excluding hydrogens is 348 g/mol. The SMILES string of the molecule is COCCn1cc(CC2NC(=O)N(Cc3cccc(C(C)C)n3)C2=O)nn1. The Morgan fingerprint density at radius 1 is 1.26 bits per heavy atom. The number of pyridine rings is 1. The van der Waals surface area contributed by atoms with Crippen LogP contribution in [0.4, 0.5) is 4.79 Å². The van der Waals surface area contributed by atoms with Gasteiger partial charge in [0, 0.05) is 25.4 Å². The van der Waals surface area contributed by atoms with E-state index in [0.29, 0.717) is 31.0 Å². The van der Waals surface area contributed by atoms with Crippen molar-refractivity contribution in [2.45, 2.75) is 45.3 Å². The van der Waals surface area contributed by atoms with Crippen molar-refractivity contribution >= 4 is 11.9 Å². The number of aromatic nitrogens is 4. The normalized spacial score (nSPS) is 17.0. The van der Waals surface area contributed by atoms with E-state index < -0.39 is 12.1 Å². The van der Waals surface area contributed by atoms with E-state index in [2.05, 4.69) is 34.5 Å². The lowest BCUT2D eigenvalue weighted by Gasteiger charge is -2.13. The molecule has 3 amide bonds. The summed E-state index contributed by atoms with van der Waals surface area (Å²) in [5.74, 6) is 0.00437. The van der Waals surface area contributed by atoms with Crippen LogP contribution in [0.5, 0.6) is 0 Å². The van der Waals surface area contributed by atoms with Gasteiger partial charge in [-0.3, -0.25) is 14.7 Å². The number of hydrogen-bond donors (Lipinski definition) is 1. The van der Waals surface area contributed by atoms with Crippen LogP contribution in [0.2, 0.25) is 0 Å². The van der Waals surface area contributed by atoms with E-state index in [1.807, 2.05) is 18.2 Å². The van der Waals surface area contributed by atoms with Crippen molar-refractivity contribution in [2.24, 2.45) is 0 Å². The zero-order valence-electron chi connectivity index (χ0n) is 15.8. The van der Waals surface area contributed by atoms with Crippen LogP contribution in [-0.2, 0) is 29.0 Å². The molecule has 1 fully saturated rings. The fraction of sp³-hybridized carbons (Fsp3) is 0.500. The van der Waals surface area contributed by atoms with Crippen LogP contribution in [0.25, 0.3) is 0 Å². The van der Waals surface area contributed by atoms with Gasteiger partial charge in [0.2, 0.25) is 0 Å². The summed E-state index contributed by atoms with van der Waals surface area (Å²) in [6, 6.07) is 4.61. The van der Waals surface area contributed by atoms with Gasteiger partial charge in [-0.25, -0.2) is 9.48 Å². The number of hydrogen-bond acceptors (Lipinski definition) is 6. The predicted molar refractivity (Wildman–Crippen MR) is 96.8 cm³/mol. The lowest BCUT2D eigenvalue weighted by Crippen LogP contribution is -2.32. The van der Waals surface area contributed by atoms with E-state index in [-0.39, 0.29) is 18.4 Å². The molecule has 9 nitrogen and oxygen atoms in total. The van der Waals surface area contributed by atoms with E-state index >= 15 is 0 Å². The average molecular weight is 372 g/mol. The van der Waals surface area contributed by atoms with Crippen LogP contribution in [0.1, 0.15) is 36.8 Å². The number of urea groups is 1. The van der Waals surface area contributed by atoms with Gasteiger partial charge in [-0.05, 0) is 18.1 Å². The molecule has 0 saturated carbocycles. The molecule has 0 spiro atoms. The molecule has 0 aliphatic carbocycles. The summed E-state index contributed by atoms with van der Waals surface area (Å²) in [6.07, 6.45) is 2.06. The first-order chi connectivity index (χ1) is 13.0. The van der Waals surface area contributed by atoms with Crippen molar-refractivity contribution in [3.8, 4) is 0 Å². The standard InChI is InChI=1S/C18H24N6O3/c1-12(2)15-6-4-5-13(19-15)11-24-17(25)16(20-18(24)26)9-14-10-23(22-21-14)7-8-27-3/h4-6,10,12,16H,7-9,11H2,1-3H3,(H,20,26). The highest BCUT2D eigenvalue weighted by Crippen LogP contribution is 2.16. The second kappa shape index (κ2) is 8.26. The molecule has 0 radical (unpaired) electrons. The molecule has 1 N–H and O–H groups in total. The number of carbonyl (C=O) groups is 2. The quantitative estimate of drug-likeness (QED) is 0.697. The van der Waals surface area contributed by atoms with E-state index in [4.69, 9.17) is 4.74 Å². The molecule has 2 aromatic rings. The van der Waals surface area contributed by atoms with Gasteiger partial charge in [-0.15, -0.1) is 5.10 Å². The van der Waals surface area contributed by atoms with E-state index in [1.54, 1.807) is 18.0 Å². The molecule has 0 aromatic carbocycles. The zero-order chi connectivity index (χ0) is 19.4. The minimum absolute atomic E-state index is 0.155. The second-order valence-corrected chi connectivity index (χ2v) is 6.80. The Morgan fingerprint density at radius 2 is 2.07 bits per heavy atom. The number of methoxy groups -OCH3 is 1. The molecule has 0 bridgehead atoms. The maximum atomic E-state index is 12.7. The van der Waals surface area contributed by atoms with Gasteiger partial charge in [0.05, 0.1) is 31.1 Å². The van der Waals surface area contributed by atoms with E-state index in [1.165, 1.54) is 4.90 Å². The molecule has 1 saturated heterocycles. The molecule has 144 valence electrons. The molecule has 3 rings (SSSR count). The molecule has 1 aliphatic heterocycles. The third kappa shape index (κ3) is 4.48. The van der Waals surface area contributed by atoms with Gasteiger partial charge in [0.25, 0.3) is 5.91 Å². The highest BCUT2D eigenvalue weighted by Gasteiger charge is 2.38. The smallest absolute Gasteiger partial charge is 0.325 e. The van der Waals surface area contributed by atoms with Crippen LogP contribution in [-0.4, -0.2) is 56.6 Å². The van der Waals surface area contributed by atoms with Gasteiger partial charge < -0.3 is 10.1 Å². The molecule has 1 unspecified atom stereocenters. The Kier molecular flexibility index (Phi) is 5.80. The summed E-state index contributed by atoms with van der Waals surface area (Å²) in [4.78, 5) is 30.7. The average Bonchev–Trinajstić information content (AvgIpc) is 3.20. The Labute approximate surface area is 157 Å². The van der Waals surface area contributed by atoms with Crippen molar-refractivity contribution in [2.75, 3.05) is 13.7 Å². The van der Waals surface area contributed by atoms with E-state index in [0.717, 1.165) is 5.69 Å². The van der Waals surface area contributed by atoms with E-state index in [9.17, 15) is 9.59 Å². The fourth-order valence-electron chi connectivity index (χ4n) is 2.87. The number of carbonyl (C=O) groups excluding carboxylic acids is 2. The van der Waals surface area contributed by atoms with Crippen molar-refractivity contribution < 1.29 is 14.3 Å². The highest BCUT2D eigenvalue weighted by molar-refractivity contribution is 6.04. The van der Waals surface area contributed by atoms with Crippen molar-refractivity contribution in [1.82, 2.24) is 30.2 Å². The van der Waals surface area contributed by atoms with Crippen LogP contribution >= 0.6 is 0 Å². The minimum atomic E-state index is -0.640. The monoisotopic (exact) mass is 372 g/mol. The number of nitrogens with zero attached hydrogens (tertiary/aromatic N) is 5. The first-order valence-corrected chi connectivity index (χ1v) is 8.93. The van der Waals surface area contributed by atoms with Crippen LogP contribution in [0, 0.1) is 0 Å². The molecule has 27 heavy (non-hydrogen) atoms. The van der Waals surface area contributed by atoms with Gasteiger partial charge >= 0.3 is 6.03 Å². The lowest BCUT2D eigenvalue weighted by molar-refractivity contribution is -0.127. The number of amides is 3. The molecule has 3 heterocycles. The number of imide groups is 1. The Balaban J connectivity index is 1.64. The Hall–Kier alpha value is -2.81. The third-order valence-electron chi connectivity index (χ3n) is 4.37. The molecule has 1 aliphatic rings. The molecular formula is C18H24N6O3. The van der Waals surface area contributed by atoms with Crippen LogP contribution in [0.3, 0.4) is 0 Å². The molecule has 9 heteroatoms. The third-order valence-corrected chi connectivity index (χ3v) is 4.37. The van der Waals surface area contributed by atoms with Crippen LogP contribution < -0.4 is 5.32 Å². The zero-order valence-corrected chi connectivity index (χ0v) is 15.8. The van der Waals surface area contributed by atoms with Gasteiger partial charge in [0.15, 0.2) is 0 Å². The maximum absolute atomic E-state index is 12.7. The maximum Gasteiger partial charge on any atom is 0.325 e. The summed E-state index contributed by atoms with van der Waals surface area (Å²) < 4.78 is 6.65. The van der Waals surface area contributed by atoms with Crippen LogP contribution in [0.15, 0.2) is 24.4 Å².